The molecule has 29 heavy (non-hydrogen) atoms. The van der Waals surface area contributed by atoms with E-state index in [1.165, 1.54) is 40.0 Å². The highest BCUT2D eigenvalue weighted by atomic mass is 32.2. The second-order valence-corrected chi connectivity index (χ2v) is 8.41. The predicted molar refractivity (Wildman–Crippen MR) is 109 cm³/mol. The highest BCUT2D eigenvalue weighted by molar-refractivity contribution is 8.00. The summed E-state index contributed by atoms with van der Waals surface area (Å²) in [5.41, 5.74) is 0.170. The van der Waals surface area contributed by atoms with Crippen molar-refractivity contribution in [1.29, 1.82) is 0 Å². The van der Waals surface area contributed by atoms with Gasteiger partial charge in [-0.05, 0) is 6.26 Å². The summed E-state index contributed by atoms with van der Waals surface area (Å²) in [5, 5.41) is 19.3. The van der Waals surface area contributed by atoms with Crippen molar-refractivity contribution < 1.29 is 29.1 Å². The lowest BCUT2D eigenvalue weighted by Gasteiger charge is -2.46. The van der Waals surface area contributed by atoms with E-state index in [4.69, 9.17) is 9.94 Å². The van der Waals surface area contributed by atoms with E-state index in [9.17, 15) is 19.2 Å². The van der Waals surface area contributed by atoms with Crippen molar-refractivity contribution in [3.63, 3.8) is 0 Å². The van der Waals surface area contributed by atoms with E-state index < -0.39 is 29.2 Å². The Morgan fingerprint density at radius 1 is 1.55 bits per heavy atom. The Bertz CT molecular complexity index is 901. The number of nitrogens with zero attached hydrogens (tertiary/aromatic N) is 3. The first-order valence-corrected chi connectivity index (χ1v) is 11.3. The van der Waals surface area contributed by atoms with Crippen molar-refractivity contribution in [2.75, 3.05) is 23.3 Å². The maximum Gasteiger partial charge on any atom is 0.333 e. The molecule has 0 aromatic carbocycles. The van der Waals surface area contributed by atoms with E-state index in [1.807, 2.05) is 0 Å². The summed E-state index contributed by atoms with van der Waals surface area (Å²) in [7, 11) is 0. The first kappa shape index (κ1) is 21.1. The molecule has 2 aliphatic heterocycles. The van der Waals surface area contributed by atoms with E-state index in [0.29, 0.717) is 6.41 Å². The van der Waals surface area contributed by atoms with Crippen LogP contribution in [0.1, 0.15) is 5.69 Å². The molecule has 3 amide bonds. The number of carbonyl (C=O) groups excluding carboxylic acids is 3. The second-order valence-electron chi connectivity index (χ2n) is 5.63. The summed E-state index contributed by atoms with van der Waals surface area (Å²) in [6.07, 6.45) is 3.55. The molecule has 14 heteroatoms. The van der Waals surface area contributed by atoms with Crippen molar-refractivity contribution in [3.05, 3.63) is 22.8 Å². The van der Waals surface area contributed by atoms with Crippen LogP contribution in [0.3, 0.4) is 0 Å². The second kappa shape index (κ2) is 9.28. The number of carboxylic acids is 1. The summed E-state index contributed by atoms with van der Waals surface area (Å²) in [4.78, 5) is 57.2. The number of aliphatic carboxylic acids is 1. The number of hydrogen-bond donors (Lipinski definition) is 3. The molecule has 0 radical (unpaired) electrons. The molecule has 1 unspecified atom stereocenters. The molecule has 3 rings (SSSR count). The van der Waals surface area contributed by atoms with Gasteiger partial charge in [0.2, 0.25) is 6.41 Å². The van der Waals surface area contributed by atoms with Crippen LogP contribution in [0.5, 0.6) is 0 Å². The fraction of sp³-hybridized carbons (Fsp3) is 0.333. The van der Waals surface area contributed by atoms with Crippen LogP contribution >= 0.6 is 34.9 Å². The van der Waals surface area contributed by atoms with Gasteiger partial charge in [0.05, 0.1) is 5.57 Å². The average molecular weight is 458 g/mol. The zero-order valence-electron chi connectivity index (χ0n) is 14.9. The molecule has 154 valence electrons. The number of rotatable bonds is 9. The van der Waals surface area contributed by atoms with Crippen molar-refractivity contribution >= 4 is 69.9 Å². The van der Waals surface area contributed by atoms with E-state index in [2.05, 4.69) is 20.8 Å². The Kier molecular flexibility index (Phi) is 6.76. The molecule has 2 aliphatic rings. The number of oxime groups is 1. The number of thiazole rings is 1. The van der Waals surface area contributed by atoms with Crippen LogP contribution in [0.15, 0.2) is 22.3 Å². The Labute approximate surface area is 176 Å². The minimum atomic E-state index is -1.08. The highest BCUT2D eigenvalue weighted by Crippen LogP contribution is 2.36. The monoisotopic (exact) mass is 457 g/mol. The summed E-state index contributed by atoms with van der Waals surface area (Å²) in [5.74, 6) is -1.74. The maximum atomic E-state index is 12.8. The highest BCUT2D eigenvalue weighted by Gasteiger charge is 2.50. The van der Waals surface area contributed by atoms with Gasteiger partial charge in [0.1, 0.15) is 17.1 Å². The topological polar surface area (TPSA) is 150 Å². The number of fused-ring (bicyclic) bond motifs is 1. The third kappa shape index (κ3) is 4.54. The molecule has 11 nitrogen and oxygen atoms in total. The quantitative estimate of drug-likeness (QED) is 0.117. The number of thioether (sulfide) groups is 2. The van der Waals surface area contributed by atoms with Gasteiger partial charge in [-0.1, -0.05) is 5.16 Å². The minimum absolute atomic E-state index is 0.120. The van der Waals surface area contributed by atoms with Crippen molar-refractivity contribution in [2.45, 2.75) is 11.4 Å². The standard InChI is InChI=1S/C15H15N5O6S3/c1-27-6-26-19-9(8-4-29-15(17-8)16-5-21)11(22)18-10-12(23)20-2-7(14(24)25)3-28-13(10)20/h2,4-5,10,13H,3,6H2,1H3,(H,18,22)(H,24,25)(H,16,17,21)/t10?,13-/m1/s1. The van der Waals surface area contributed by atoms with Crippen LogP contribution in [-0.4, -0.2) is 74.3 Å². The van der Waals surface area contributed by atoms with Crippen LogP contribution in [0.2, 0.25) is 0 Å². The van der Waals surface area contributed by atoms with Crippen molar-refractivity contribution in [2.24, 2.45) is 5.16 Å². The molecule has 3 N–H and O–H groups in total. The number of carbonyl (C=O) groups is 4. The maximum absolute atomic E-state index is 12.8. The van der Waals surface area contributed by atoms with Gasteiger partial charge in [0.25, 0.3) is 11.8 Å². The number of nitrogens with one attached hydrogen (secondary N) is 2. The van der Waals surface area contributed by atoms with E-state index in [0.717, 1.165) is 11.3 Å². The molecule has 0 bridgehead atoms. The van der Waals surface area contributed by atoms with Crippen LogP contribution in [0, 0.1) is 0 Å². The molecule has 2 atom stereocenters. The molecule has 0 saturated carbocycles. The van der Waals surface area contributed by atoms with E-state index in [1.54, 1.807) is 6.26 Å². The molecule has 0 aliphatic carbocycles. The molecule has 0 spiro atoms. The van der Waals surface area contributed by atoms with Gasteiger partial charge >= 0.3 is 5.97 Å². The third-order valence-electron chi connectivity index (χ3n) is 3.82. The molecule has 1 aromatic rings. The number of amides is 3. The molecular formula is C15H15N5O6S3. The van der Waals surface area contributed by atoms with Gasteiger partial charge in [-0.15, -0.1) is 34.9 Å². The number of aromatic nitrogens is 1. The zero-order chi connectivity index (χ0) is 21.0. The fourth-order valence-corrected chi connectivity index (χ4v) is 4.55. The Morgan fingerprint density at radius 2 is 2.34 bits per heavy atom. The van der Waals surface area contributed by atoms with Crippen LogP contribution in [-0.2, 0) is 24.0 Å². The predicted octanol–water partition coefficient (Wildman–Crippen LogP) is 0.121. The van der Waals surface area contributed by atoms with Gasteiger partial charge < -0.3 is 25.5 Å². The SMILES string of the molecule is CSCON=C(C(=O)NC1C(=O)N2C=C(C(=O)O)CS[C@H]12)c1csc(NC=O)n1. The summed E-state index contributed by atoms with van der Waals surface area (Å²) in [6, 6.07) is -0.823. The number of anilines is 1. The van der Waals surface area contributed by atoms with Crippen LogP contribution < -0.4 is 10.6 Å². The number of hydrogen-bond acceptors (Lipinski definition) is 10. The van der Waals surface area contributed by atoms with Gasteiger partial charge in [0.15, 0.2) is 16.8 Å². The van der Waals surface area contributed by atoms with Gasteiger partial charge in [-0.2, -0.15) is 0 Å². The average Bonchev–Trinajstić information content (AvgIpc) is 3.17. The van der Waals surface area contributed by atoms with Crippen LogP contribution in [0.25, 0.3) is 0 Å². The van der Waals surface area contributed by atoms with Crippen molar-refractivity contribution in [3.8, 4) is 0 Å². The van der Waals surface area contributed by atoms with Gasteiger partial charge in [0, 0.05) is 17.3 Å². The summed E-state index contributed by atoms with van der Waals surface area (Å²) >= 11 is 3.70. The zero-order valence-corrected chi connectivity index (χ0v) is 17.3. The van der Waals surface area contributed by atoms with E-state index in [-0.39, 0.29) is 33.8 Å². The Hall–Kier alpha value is -2.58. The van der Waals surface area contributed by atoms with Crippen LogP contribution in [0.4, 0.5) is 5.13 Å². The molecule has 1 saturated heterocycles. The molecule has 3 heterocycles. The van der Waals surface area contributed by atoms with Crippen molar-refractivity contribution in [1.82, 2.24) is 15.2 Å². The number of β-lactam (4-membered cyclic amide) rings is 1. The molecular weight excluding hydrogens is 442 g/mol. The smallest absolute Gasteiger partial charge is 0.333 e. The third-order valence-corrected chi connectivity index (χ3v) is 6.25. The Morgan fingerprint density at radius 3 is 3.03 bits per heavy atom. The van der Waals surface area contributed by atoms with Gasteiger partial charge in [-0.3, -0.25) is 14.4 Å². The molecule has 1 aromatic heterocycles. The lowest BCUT2D eigenvalue weighted by atomic mass is 10.1. The lowest BCUT2D eigenvalue weighted by Crippen LogP contribution is -2.69. The summed E-state index contributed by atoms with van der Waals surface area (Å²) in [6.45, 7) is 0. The van der Waals surface area contributed by atoms with E-state index >= 15 is 0 Å². The largest absolute Gasteiger partial charge is 0.478 e. The molecule has 1 fully saturated rings. The first-order chi connectivity index (χ1) is 14.0. The minimum Gasteiger partial charge on any atom is -0.478 e. The first-order valence-electron chi connectivity index (χ1n) is 8.00. The summed E-state index contributed by atoms with van der Waals surface area (Å²) < 4.78 is 0. The van der Waals surface area contributed by atoms with Gasteiger partial charge in [-0.25, -0.2) is 9.78 Å². The number of carboxylic acid groups (broad SMARTS) is 1. The lowest BCUT2D eigenvalue weighted by molar-refractivity contribution is -0.144. The fourth-order valence-electron chi connectivity index (χ4n) is 2.49. The Balaban J connectivity index is 1.73. The normalized spacial score (nSPS) is 20.9.